The lowest BCUT2D eigenvalue weighted by Gasteiger charge is -2.23. The van der Waals surface area contributed by atoms with E-state index in [1.807, 2.05) is 0 Å². The van der Waals surface area contributed by atoms with Crippen molar-refractivity contribution in [3.63, 3.8) is 0 Å². The fourth-order valence-corrected chi connectivity index (χ4v) is 5.12. The lowest BCUT2D eigenvalue weighted by Crippen LogP contribution is -2.31. The van der Waals surface area contributed by atoms with Gasteiger partial charge in [0.05, 0.1) is 24.9 Å². The van der Waals surface area contributed by atoms with Crippen LogP contribution in [0.4, 0.5) is 18.3 Å². The highest BCUT2D eigenvalue weighted by Gasteiger charge is 2.31. The van der Waals surface area contributed by atoms with Crippen LogP contribution in [0.2, 0.25) is 5.02 Å². The summed E-state index contributed by atoms with van der Waals surface area (Å²) >= 11 is 6.13. The SMILES string of the molecule is COc1ccc(CN(c2ncc(F)s2)S(=O)(=O)c2cc(Cl)c(F)cc2F)c(C)c1. The second kappa shape index (κ2) is 8.21. The summed E-state index contributed by atoms with van der Waals surface area (Å²) in [5, 5.41) is -1.49. The lowest BCUT2D eigenvalue weighted by atomic mass is 10.1. The second-order valence-corrected chi connectivity index (χ2v) is 9.14. The van der Waals surface area contributed by atoms with Gasteiger partial charge in [0.15, 0.2) is 5.13 Å². The van der Waals surface area contributed by atoms with E-state index in [0.29, 0.717) is 40.3 Å². The maximum absolute atomic E-state index is 14.3. The number of ether oxygens (including phenoxy) is 1. The fourth-order valence-electron chi connectivity index (χ4n) is 2.56. The Morgan fingerprint density at radius 1 is 1.17 bits per heavy atom. The van der Waals surface area contributed by atoms with Crippen LogP contribution in [0.3, 0.4) is 0 Å². The number of halogens is 4. The van der Waals surface area contributed by atoms with Gasteiger partial charge in [-0.2, -0.15) is 4.39 Å². The van der Waals surface area contributed by atoms with Gasteiger partial charge < -0.3 is 4.74 Å². The Labute approximate surface area is 174 Å². The highest BCUT2D eigenvalue weighted by atomic mass is 35.5. The van der Waals surface area contributed by atoms with Crippen LogP contribution < -0.4 is 9.04 Å². The molecule has 0 aliphatic carbocycles. The predicted octanol–water partition coefficient (Wildman–Crippen LogP) is 4.93. The number of rotatable bonds is 6. The number of benzene rings is 2. The number of aromatic nitrogens is 1. The van der Waals surface area contributed by atoms with Gasteiger partial charge in [0, 0.05) is 6.07 Å². The van der Waals surface area contributed by atoms with Crippen LogP contribution in [-0.4, -0.2) is 20.5 Å². The van der Waals surface area contributed by atoms with Crippen LogP contribution in [0.1, 0.15) is 11.1 Å². The molecule has 0 saturated carbocycles. The Morgan fingerprint density at radius 2 is 1.90 bits per heavy atom. The van der Waals surface area contributed by atoms with Gasteiger partial charge in [0.25, 0.3) is 10.0 Å². The van der Waals surface area contributed by atoms with Crippen molar-refractivity contribution in [2.75, 3.05) is 11.4 Å². The third kappa shape index (κ3) is 4.34. The number of hydrogen-bond donors (Lipinski definition) is 0. The molecule has 3 rings (SSSR count). The molecule has 0 bridgehead atoms. The molecule has 1 heterocycles. The van der Waals surface area contributed by atoms with Gasteiger partial charge in [0.1, 0.15) is 22.3 Å². The molecule has 0 saturated heterocycles. The lowest BCUT2D eigenvalue weighted by molar-refractivity contribution is 0.414. The van der Waals surface area contributed by atoms with Crippen molar-refractivity contribution in [3.05, 3.63) is 69.4 Å². The van der Waals surface area contributed by atoms with E-state index in [2.05, 4.69) is 4.98 Å². The normalized spacial score (nSPS) is 11.5. The minimum atomic E-state index is -4.58. The zero-order valence-electron chi connectivity index (χ0n) is 15.1. The van der Waals surface area contributed by atoms with Crippen LogP contribution in [0, 0.1) is 23.7 Å². The number of hydrogen-bond acceptors (Lipinski definition) is 5. The smallest absolute Gasteiger partial charge is 0.269 e. The summed E-state index contributed by atoms with van der Waals surface area (Å²) < 4.78 is 73.6. The zero-order chi connectivity index (χ0) is 21.3. The predicted molar refractivity (Wildman–Crippen MR) is 105 cm³/mol. The molecule has 0 fully saturated rings. The molecule has 0 aliphatic rings. The first-order chi connectivity index (χ1) is 13.6. The van der Waals surface area contributed by atoms with Gasteiger partial charge in [0.2, 0.25) is 5.13 Å². The van der Waals surface area contributed by atoms with Gasteiger partial charge in [-0.05, 0) is 36.2 Å². The van der Waals surface area contributed by atoms with Crippen molar-refractivity contribution >= 4 is 38.1 Å². The molecule has 0 amide bonds. The molecule has 5 nitrogen and oxygen atoms in total. The van der Waals surface area contributed by atoms with Gasteiger partial charge in [-0.3, -0.25) is 0 Å². The molecule has 3 aromatic rings. The molecule has 29 heavy (non-hydrogen) atoms. The van der Waals surface area contributed by atoms with Crippen molar-refractivity contribution in [2.24, 2.45) is 0 Å². The fraction of sp³-hybridized carbons (Fsp3) is 0.167. The van der Waals surface area contributed by atoms with E-state index in [9.17, 15) is 21.6 Å². The molecule has 0 radical (unpaired) electrons. The maximum Gasteiger partial charge on any atom is 0.269 e. The largest absolute Gasteiger partial charge is 0.497 e. The number of methoxy groups -OCH3 is 1. The second-order valence-electron chi connectivity index (χ2n) is 5.95. The van der Waals surface area contributed by atoms with Crippen LogP contribution in [-0.2, 0) is 16.6 Å². The van der Waals surface area contributed by atoms with E-state index in [-0.39, 0.29) is 11.7 Å². The van der Waals surface area contributed by atoms with E-state index in [4.69, 9.17) is 16.3 Å². The molecule has 11 heteroatoms. The summed E-state index contributed by atoms with van der Waals surface area (Å²) in [6.07, 6.45) is 0.859. The standard InChI is InChI=1S/C18H14ClF3N2O3S2/c1-10-5-12(27-2)4-3-11(10)9-24(18-23-8-17(22)28-18)29(25,26)16-6-13(19)14(20)7-15(16)21/h3-8H,9H2,1-2H3. The third-order valence-electron chi connectivity index (χ3n) is 4.09. The highest BCUT2D eigenvalue weighted by Crippen LogP contribution is 2.33. The number of thiazole rings is 1. The number of sulfonamides is 1. The van der Waals surface area contributed by atoms with E-state index >= 15 is 0 Å². The Bertz CT molecular complexity index is 1170. The van der Waals surface area contributed by atoms with Crippen molar-refractivity contribution in [3.8, 4) is 5.75 Å². The van der Waals surface area contributed by atoms with Crippen molar-refractivity contribution in [2.45, 2.75) is 18.4 Å². The van der Waals surface area contributed by atoms with Gasteiger partial charge in [-0.1, -0.05) is 29.0 Å². The molecule has 154 valence electrons. The van der Waals surface area contributed by atoms with Gasteiger partial charge in [-0.25, -0.2) is 26.5 Å². The minimum absolute atomic E-state index is 0.211. The first-order valence-corrected chi connectivity index (χ1v) is 10.7. The average Bonchev–Trinajstić information content (AvgIpc) is 3.09. The number of aryl methyl sites for hydroxylation is 1. The minimum Gasteiger partial charge on any atom is -0.497 e. The van der Waals surface area contributed by atoms with Gasteiger partial charge in [-0.15, -0.1) is 0 Å². The van der Waals surface area contributed by atoms with E-state index < -0.39 is 36.7 Å². The van der Waals surface area contributed by atoms with Crippen LogP contribution in [0.5, 0.6) is 5.75 Å². The van der Waals surface area contributed by atoms with Crippen molar-refractivity contribution in [1.29, 1.82) is 0 Å². The molecule has 0 unspecified atom stereocenters. The van der Waals surface area contributed by atoms with E-state index in [0.717, 1.165) is 10.5 Å². The first-order valence-electron chi connectivity index (χ1n) is 8.05. The third-order valence-corrected chi connectivity index (χ3v) is 7.05. The Hall–Kier alpha value is -2.30. The number of anilines is 1. The summed E-state index contributed by atoms with van der Waals surface area (Å²) in [4.78, 5) is 2.93. The summed E-state index contributed by atoms with van der Waals surface area (Å²) in [6.45, 7) is 1.47. The Morgan fingerprint density at radius 3 is 2.48 bits per heavy atom. The molecule has 0 aliphatic heterocycles. The Kier molecular flexibility index (Phi) is 6.06. The summed E-state index contributed by atoms with van der Waals surface area (Å²) in [5.74, 6) is -1.85. The number of nitrogens with zero attached hydrogens (tertiary/aromatic N) is 2. The maximum atomic E-state index is 14.3. The van der Waals surface area contributed by atoms with Gasteiger partial charge >= 0.3 is 0 Å². The molecular weight excluding hydrogens is 449 g/mol. The Balaban J connectivity index is 2.13. The summed E-state index contributed by atoms with van der Waals surface area (Å²) in [7, 11) is -3.09. The van der Waals surface area contributed by atoms with Crippen LogP contribution in [0.15, 0.2) is 41.4 Å². The zero-order valence-corrected chi connectivity index (χ0v) is 17.5. The van der Waals surface area contributed by atoms with Crippen LogP contribution in [0.25, 0.3) is 0 Å². The molecule has 0 N–H and O–H groups in total. The molecule has 2 aromatic carbocycles. The molecule has 1 aromatic heterocycles. The van der Waals surface area contributed by atoms with Crippen molar-refractivity contribution < 1.29 is 26.3 Å². The molecular formula is C18H14ClF3N2O3S2. The summed E-state index contributed by atoms with van der Waals surface area (Å²) in [6, 6.07) is 6.02. The molecule has 0 spiro atoms. The molecule has 0 atom stereocenters. The van der Waals surface area contributed by atoms with E-state index in [1.54, 1.807) is 25.1 Å². The van der Waals surface area contributed by atoms with Crippen LogP contribution >= 0.6 is 22.9 Å². The topological polar surface area (TPSA) is 59.5 Å². The monoisotopic (exact) mass is 462 g/mol. The quantitative estimate of drug-likeness (QED) is 0.487. The van der Waals surface area contributed by atoms with E-state index in [1.165, 1.54) is 7.11 Å². The highest BCUT2D eigenvalue weighted by molar-refractivity contribution is 7.93. The first kappa shape index (κ1) is 21.4. The summed E-state index contributed by atoms with van der Waals surface area (Å²) in [5.41, 5.74) is 1.25. The average molecular weight is 463 g/mol. The van der Waals surface area contributed by atoms with Crippen molar-refractivity contribution in [1.82, 2.24) is 4.98 Å².